The molecule has 27 heavy (non-hydrogen) atoms. The molecule has 8 heteroatoms. The number of carbonyl (C=O) groups is 1. The second kappa shape index (κ2) is 6.49. The van der Waals surface area contributed by atoms with E-state index in [1.807, 2.05) is 13.8 Å². The van der Waals surface area contributed by atoms with Crippen molar-refractivity contribution in [3.63, 3.8) is 0 Å². The third kappa shape index (κ3) is 3.20. The Labute approximate surface area is 153 Å². The number of rotatable bonds is 3. The molecule has 0 aliphatic heterocycles. The third-order valence-corrected chi connectivity index (χ3v) is 4.31. The Bertz CT molecular complexity index is 1190. The van der Waals surface area contributed by atoms with Crippen LogP contribution in [0.15, 0.2) is 58.0 Å². The molecule has 0 fully saturated rings. The summed E-state index contributed by atoms with van der Waals surface area (Å²) in [4.78, 5) is 24.8. The first kappa shape index (κ1) is 16.6. The van der Waals surface area contributed by atoms with Crippen molar-refractivity contribution in [1.29, 1.82) is 0 Å². The van der Waals surface area contributed by atoms with E-state index in [4.69, 9.17) is 4.42 Å². The van der Waals surface area contributed by atoms with Crippen LogP contribution in [0.3, 0.4) is 0 Å². The van der Waals surface area contributed by atoms with Crippen LogP contribution in [0, 0.1) is 13.8 Å². The molecule has 4 rings (SSSR count). The molecule has 0 atom stereocenters. The minimum atomic E-state index is -0.498. The summed E-state index contributed by atoms with van der Waals surface area (Å²) < 4.78 is 7.15. The van der Waals surface area contributed by atoms with Crippen molar-refractivity contribution in [1.82, 2.24) is 20.2 Å². The van der Waals surface area contributed by atoms with Crippen LogP contribution < -0.4 is 10.7 Å². The molecule has 0 bridgehead atoms. The van der Waals surface area contributed by atoms with Crippen LogP contribution in [0.4, 0.5) is 5.69 Å². The summed E-state index contributed by atoms with van der Waals surface area (Å²) >= 11 is 0. The zero-order chi connectivity index (χ0) is 19.0. The highest BCUT2D eigenvalue weighted by atomic mass is 16.3. The zero-order valence-electron chi connectivity index (χ0n) is 14.6. The Morgan fingerprint density at radius 3 is 2.52 bits per heavy atom. The molecule has 4 aromatic rings. The smallest absolute Gasteiger partial charge is 0.291 e. The maximum absolute atomic E-state index is 12.5. The SMILES string of the molecule is Cc1cc2oc(C(=O)Nc3ccc(-n4cnnn4)cc3)cc(=O)c2cc1C. The Balaban J connectivity index is 1.61. The maximum Gasteiger partial charge on any atom is 0.291 e. The van der Waals surface area contributed by atoms with E-state index in [1.54, 1.807) is 36.4 Å². The van der Waals surface area contributed by atoms with Gasteiger partial charge in [-0.3, -0.25) is 9.59 Å². The number of aryl methyl sites for hydroxylation is 2. The monoisotopic (exact) mass is 361 g/mol. The van der Waals surface area contributed by atoms with Gasteiger partial charge in [-0.15, -0.1) is 5.10 Å². The van der Waals surface area contributed by atoms with Gasteiger partial charge in [-0.1, -0.05) is 0 Å². The number of hydrogen-bond acceptors (Lipinski definition) is 6. The molecule has 1 amide bonds. The summed E-state index contributed by atoms with van der Waals surface area (Å²) in [5, 5.41) is 14.1. The van der Waals surface area contributed by atoms with Crippen LogP contribution >= 0.6 is 0 Å². The number of hydrogen-bond donors (Lipinski definition) is 1. The van der Waals surface area contributed by atoms with Gasteiger partial charge in [-0.25, -0.2) is 4.68 Å². The fourth-order valence-electron chi connectivity index (χ4n) is 2.69. The van der Waals surface area contributed by atoms with E-state index in [0.717, 1.165) is 16.8 Å². The summed E-state index contributed by atoms with van der Waals surface area (Å²) in [6.45, 7) is 3.85. The number of tetrazole rings is 1. The molecule has 0 aliphatic carbocycles. The Kier molecular flexibility index (Phi) is 4.00. The number of carbonyl (C=O) groups excluding carboxylic acids is 1. The average Bonchev–Trinajstić information content (AvgIpc) is 3.18. The zero-order valence-corrected chi connectivity index (χ0v) is 14.6. The Morgan fingerprint density at radius 2 is 1.81 bits per heavy atom. The number of amides is 1. The van der Waals surface area contributed by atoms with E-state index in [0.29, 0.717) is 16.7 Å². The number of benzene rings is 2. The van der Waals surface area contributed by atoms with E-state index < -0.39 is 5.91 Å². The lowest BCUT2D eigenvalue weighted by molar-refractivity contribution is 0.0997. The van der Waals surface area contributed by atoms with Crippen molar-refractivity contribution in [2.45, 2.75) is 13.8 Å². The topological polar surface area (TPSA) is 103 Å². The molecule has 0 saturated carbocycles. The Morgan fingerprint density at radius 1 is 1.07 bits per heavy atom. The summed E-state index contributed by atoms with van der Waals surface area (Å²) in [5.74, 6) is -0.539. The van der Waals surface area contributed by atoms with E-state index in [9.17, 15) is 9.59 Å². The summed E-state index contributed by atoms with van der Waals surface area (Å²) in [7, 11) is 0. The molecule has 0 spiro atoms. The van der Waals surface area contributed by atoms with Crippen LogP contribution in [0.5, 0.6) is 0 Å². The molecular weight excluding hydrogens is 346 g/mol. The maximum atomic E-state index is 12.5. The van der Waals surface area contributed by atoms with Crippen LogP contribution in [0.25, 0.3) is 16.7 Å². The number of aromatic nitrogens is 4. The first-order valence-electron chi connectivity index (χ1n) is 8.21. The number of nitrogens with zero attached hydrogens (tertiary/aromatic N) is 4. The Hall–Kier alpha value is -3.81. The molecule has 1 N–H and O–H groups in total. The normalized spacial score (nSPS) is 10.9. The average molecular weight is 361 g/mol. The standard InChI is InChI=1S/C19H15N5O3/c1-11-7-15-16(25)9-18(27-17(15)8-12(11)2)19(26)21-13-3-5-14(6-4-13)24-10-20-22-23-24/h3-10H,1-2H3,(H,21,26). The third-order valence-electron chi connectivity index (χ3n) is 4.31. The highest BCUT2D eigenvalue weighted by molar-refractivity contribution is 6.03. The van der Waals surface area contributed by atoms with Gasteiger partial charge in [-0.05, 0) is 71.8 Å². The lowest BCUT2D eigenvalue weighted by Crippen LogP contribution is -2.15. The number of anilines is 1. The second-order valence-corrected chi connectivity index (χ2v) is 6.16. The first-order valence-corrected chi connectivity index (χ1v) is 8.21. The van der Waals surface area contributed by atoms with Gasteiger partial charge >= 0.3 is 0 Å². The van der Waals surface area contributed by atoms with Crippen LogP contribution in [-0.2, 0) is 0 Å². The van der Waals surface area contributed by atoms with Crippen molar-refractivity contribution in [2.24, 2.45) is 0 Å². The van der Waals surface area contributed by atoms with Crippen LogP contribution in [-0.4, -0.2) is 26.1 Å². The molecule has 2 heterocycles. The summed E-state index contributed by atoms with van der Waals surface area (Å²) in [6, 6.07) is 11.7. The van der Waals surface area contributed by atoms with Gasteiger partial charge in [0, 0.05) is 11.8 Å². The molecule has 2 aromatic carbocycles. The minimum Gasteiger partial charge on any atom is -0.451 e. The molecule has 0 unspecified atom stereocenters. The van der Waals surface area contributed by atoms with Gasteiger partial charge in [0.25, 0.3) is 5.91 Å². The lowest BCUT2D eigenvalue weighted by atomic mass is 10.1. The van der Waals surface area contributed by atoms with Crippen molar-refractivity contribution in [3.8, 4) is 5.69 Å². The summed E-state index contributed by atoms with van der Waals surface area (Å²) in [6.07, 6.45) is 1.47. The highest BCUT2D eigenvalue weighted by Gasteiger charge is 2.13. The number of nitrogens with one attached hydrogen (secondary N) is 1. The van der Waals surface area contributed by atoms with Crippen molar-refractivity contribution < 1.29 is 9.21 Å². The number of fused-ring (bicyclic) bond motifs is 1. The second-order valence-electron chi connectivity index (χ2n) is 6.16. The molecule has 0 aliphatic rings. The van der Waals surface area contributed by atoms with E-state index in [-0.39, 0.29) is 11.2 Å². The van der Waals surface area contributed by atoms with E-state index in [2.05, 4.69) is 20.8 Å². The highest BCUT2D eigenvalue weighted by Crippen LogP contribution is 2.19. The lowest BCUT2D eigenvalue weighted by Gasteiger charge is -2.07. The predicted octanol–water partition coefficient (Wildman–Crippen LogP) is 2.64. The fourth-order valence-corrected chi connectivity index (χ4v) is 2.69. The van der Waals surface area contributed by atoms with Gasteiger partial charge in [0.15, 0.2) is 11.2 Å². The van der Waals surface area contributed by atoms with Gasteiger partial charge in [0.1, 0.15) is 11.9 Å². The summed E-state index contributed by atoms with van der Waals surface area (Å²) in [5.41, 5.74) is 3.43. The van der Waals surface area contributed by atoms with Gasteiger partial charge < -0.3 is 9.73 Å². The van der Waals surface area contributed by atoms with E-state index in [1.165, 1.54) is 17.1 Å². The van der Waals surface area contributed by atoms with Crippen molar-refractivity contribution in [3.05, 3.63) is 75.9 Å². The van der Waals surface area contributed by atoms with Gasteiger partial charge in [0.05, 0.1) is 11.1 Å². The predicted molar refractivity (Wildman–Crippen MR) is 99.1 cm³/mol. The molecule has 0 radical (unpaired) electrons. The van der Waals surface area contributed by atoms with Crippen LogP contribution in [0.1, 0.15) is 21.7 Å². The molecule has 8 nitrogen and oxygen atoms in total. The molecule has 2 aromatic heterocycles. The largest absolute Gasteiger partial charge is 0.451 e. The quantitative estimate of drug-likeness (QED) is 0.602. The molecule has 0 saturated heterocycles. The molecule has 134 valence electrons. The van der Waals surface area contributed by atoms with Crippen molar-refractivity contribution >= 4 is 22.6 Å². The molecular formula is C19H15N5O3. The van der Waals surface area contributed by atoms with Crippen LogP contribution in [0.2, 0.25) is 0 Å². The minimum absolute atomic E-state index is 0.0414. The van der Waals surface area contributed by atoms with Gasteiger partial charge in [0.2, 0.25) is 0 Å². The van der Waals surface area contributed by atoms with Crippen molar-refractivity contribution in [2.75, 3.05) is 5.32 Å². The first-order chi connectivity index (χ1) is 13.0. The van der Waals surface area contributed by atoms with E-state index >= 15 is 0 Å². The van der Waals surface area contributed by atoms with Gasteiger partial charge in [-0.2, -0.15) is 0 Å². The fraction of sp³-hybridized carbons (Fsp3) is 0.105.